The monoisotopic (exact) mass is 298 g/mol. The first-order chi connectivity index (χ1) is 10.6. The van der Waals surface area contributed by atoms with Crippen LogP contribution < -0.4 is 10.6 Å². The van der Waals surface area contributed by atoms with Gasteiger partial charge < -0.3 is 15.5 Å². The highest BCUT2D eigenvalue weighted by molar-refractivity contribution is 5.93. The summed E-state index contributed by atoms with van der Waals surface area (Å²) in [6.07, 6.45) is 1.64. The summed E-state index contributed by atoms with van der Waals surface area (Å²) in [6.45, 7) is 3.44. The molecule has 1 heterocycles. The summed E-state index contributed by atoms with van der Waals surface area (Å²) < 4.78 is 0. The Bertz CT molecular complexity index is 640. The van der Waals surface area contributed by atoms with Crippen LogP contribution in [0.3, 0.4) is 0 Å². The van der Waals surface area contributed by atoms with Crippen LogP contribution >= 0.6 is 0 Å². The van der Waals surface area contributed by atoms with Crippen molar-refractivity contribution in [3.05, 3.63) is 53.9 Å². The normalized spacial score (nSPS) is 10.5. The summed E-state index contributed by atoms with van der Waals surface area (Å²) in [5.74, 6) is -0.157. The molecule has 0 unspecified atom stereocenters. The van der Waals surface area contributed by atoms with Gasteiger partial charge in [-0.15, -0.1) is 0 Å². The number of hydrogen-bond acceptors (Lipinski definition) is 4. The van der Waals surface area contributed by atoms with Gasteiger partial charge in [-0.25, -0.2) is 0 Å². The highest BCUT2D eigenvalue weighted by Crippen LogP contribution is 2.20. The lowest BCUT2D eigenvalue weighted by molar-refractivity contribution is 0.0946. The molecule has 0 radical (unpaired) electrons. The molecule has 0 spiro atoms. The van der Waals surface area contributed by atoms with E-state index < -0.39 is 0 Å². The largest absolute Gasteiger partial charge is 0.355 e. The minimum absolute atomic E-state index is 0.157. The quantitative estimate of drug-likeness (QED) is 0.860. The number of likely N-dealkylation sites (N-methyl/N-ethyl adjacent to an activating group) is 1. The van der Waals surface area contributed by atoms with Gasteiger partial charge in [0, 0.05) is 30.7 Å². The summed E-state index contributed by atoms with van der Waals surface area (Å²) in [6, 6.07) is 11.6. The van der Waals surface area contributed by atoms with Crippen molar-refractivity contribution in [3.8, 4) is 0 Å². The number of nitrogens with one attached hydrogen (secondary N) is 2. The van der Waals surface area contributed by atoms with Crippen molar-refractivity contribution in [2.24, 2.45) is 0 Å². The Kier molecular flexibility index (Phi) is 5.49. The van der Waals surface area contributed by atoms with Gasteiger partial charge in [-0.1, -0.05) is 18.2 Å². The number of pyridine rings is 1. The molecule has 0 atom stereocenters. The summed E-state index contributed by atoms with van der Waals surface area (Å²) in [5, 5.41) is 6.18. The standard InChI is InChI=1S/C17H22N4O/c1-13-6-4-5-7-15(13)20-14-8-9-18-16(12-14)17(22)19-10-11-21(2)3/h4-9,12H,10-11H2,1-3H3,(H,18,20)(H,19,22). The minimum Gasteiger partial charge on any atom is -0.355 e. The molecule has 5 nitrogen and oxygen atoms in total. The zero-order chi connectivity index (χ0) is 15.9. The summed E-state index contributed by atoms with van der Waals surface area (Å²) in [7, 11) is 3.94. The summed E-state index contributed by atoms with van der Waals surface area (Å²) in [4.78, 5) is 18.2. The summed E-state index contributed by atoms with van der Waals surface area (Å²) in [5.41, 5.74) is 3.43. The number of hydrogen-bond donors (Lipinski definition) is 2. The third kappa shape index (κ3) is 4.56. The first-order valence-electron chi connectivity index (χ1n) is 7.28. The number of para-hydroxylation sites is 1. The maximum absolute atomic E-state index is 12.1. The van der Waals surface area contributed by atoms with Crippen molar-refractivity contribution < 1.29 is 4.79 Å². The first-order valence-corrected chi connectivity index (χ1v) is 7.28. The van der Waals surface area contributed by atoms with E-state index in [2.05, 4.69) is 15.6 Å². The van der Waals surface area contributed by atoms with Gasteiger partial charge in [-0.2, -0.15) is 0 Å². The van der Waals surface area contributed by atoms with E-state index in [1.54, 1.807) is 12.3 Å². The van der Waals surface area contributed by atoms with E-state index in [-0.39, 0.29) is 5.91 Å². The molecule has 1 aromatic carbocycles. The number of carbonyl (C=O) groups excluding carboxylic acids is 1. The second-order valence-corrected chi connectivity index (χ2v) is 5.43. The fourth-order valence-corrected chi connectivity index (χ4v) is 1.98. The van der Waals surface area contributed by atoms with E-state index in [4.69, 9.17) is 0 Å². The number of rotatable bonds is 6. The fraction of sp³-hybridized carbons (Fsp3) is 0.294. The lowest BCUT2D eigenvalue weighted by Gasteiger charge is -2.12. The Morgan fingerprint density at radius 1 is 1.23 bits per heavy atom. The van der Waals surface area contributed by atoms with Crippen molar-refractivity contribution in [1.82, 2.24) is 15.2 Å². The van der Waals surface area contributed by atoms with Gasteiger partial charge in [-0.3, -0.25) is 9.78 Å². The van der Waals surface area contributed by atoms with Crippen LogP contribution in [0.4, 0.5) is 11.4 Å². The van der Waals surface area contributed by atoms with E-state index in [9.17, 15) is 4.79 Å². The van der Waals surface area contributed by atoms with Crippen LogP contribution in [0.2, 0.25) is 0 Å². The molecule has 5 heteroatoms. The van der Waals surface area contributed by atoms with Crippen molar-refractivity contribution in [2.75, 3.05) is 32.5 Å². The molecule has 2 N–H and O–H groups in total. The highest BCUT2D eigenvalue weighted by Gasteiger charge is 2.08. The molecule has 2 rings (SSSR count). The minimum atomic E-state index is -0.157. The molecular formula is C17H22N4O. The van der Waals surface area contributed by atoms with Gasteiger partial charge in [0.1, 0.15) is 5.69 Å². The van der Waals surface area contributed by atoms with Crippen molar-refractivity contribution >= 4 is 17.3 Å². The van der Waals surface area contributed by atoms with Crippen LogP contribution in [0.1, 0.15) is 16.1 Å². The van der Waals surface area contributed by atoms with E-state index in [0.29, 0.717) is 12.2 Å². The predicted octanol–water partition coefficient (Wildman–Crippen LogP) is 2.43. The van der Waals surface area contributed by atoms with Gasteiger partial charge in [0.2, 0.25) is 0 Å². The van der Waals surface area contributed by atoms with Gasteiger partial charge in [0.25, 0.3) is 5.91 Å². The molecule has 0 aliphatic rings. The van der Waals surface area contributed by atoms with Crippen molar-refractivity contribution in [2.45, 2.75) is 6.92 Å². The van der Waals surface area contributed by atoms with Crippen molar-refractivity contribution in [1.29, 1.82) is 0 Å². The number of nitrogens with zero attached hydrogens (tertiary/aromatic N) is 2. The van der Waals surface area contributed by atoms with E-state index >= 15 is 0 Å². The number of aromatic nitrogens is 1. The zero-order valence-electron chi connectivity index (χ0n) is 13.3. The molecule has 0 aliphatic heterocycles. The number of aryl methyl sites for hydroxylation is 1. The molecule has 2 aromatic rings. The fourth-order valence-electron chi connectivity index (χ4n) is 1.98. The zero-order valence-corrected chi connectivity index (χ0v) is 13.3. The smallest absolute Gasteiger partial charge is 0.269 e. The average molecular weight is 298 g/mol. The predicted molar refractivity (Wildman–Crippen MR) is 89.6 cm³/mol. The van der Waals surface area contributed by atoms with Gasteiger partial charge in [0.15, 0.2) is 0 Å². The maximum atomic E-state index is 12.1. The number of carbonyl (C=O) groups is 1. The lowest BCUT2D eigenvalue weighted by Crippen LogP contribution is -2.31. The third-order valence-electron chi connectivity index (χ3n) is 3.26. The lowest BCUT2D eigenvalue weighted by atomic mass is 10.2. The first kappa shape index (κ1) is 16.0. The van der Waals surface area contributed by atoms with Crippen LogP contribution in [0, 0.1) is 6.92 Å². The SMILES string of the molecule is Cc1ccccc1Nc1ccnc(C(=O)NCCN(C)C)c1. The average Bonchev–Trinajstić information content (AvgIpc) is 2.49. The molecule has 1 aromatic heterocycles. The second kappa shape index (κ2) is 7.56. The molecule has 0 fully saturated rings. The molecule has 0 saturated carbocycles. The van der Waals surface area contributed by atoms with Crippen LogP contribution in [-0.2, 0) is 0 Å². The van der Waals surface area contributed by atoms with Gasteiger partial charge in [0.05, 0.1) is 0 Å². The topological polar surface area (TPSA) is 57.3 Å². The summed E-state index contributed by atoms with van der Waals surface area (Å²) >= 11 is 0. The van der Waals surface area contributed by atoms with Crippen LogP contribution in [0.15, 0.2) is 42.6 Å². The molecule has 0 bridgehead atoms. The van der Waals surface area contributed by atoms with E-state index in [0.717, 1.165) is 23.5 Å². The molecule has 22 heavy (non-hydrogen) atoms. The van der Waals surface area contributed by atoms with Gasteiger partial charge >= 0.3 is 0 Å². The highest BCUT2D eigenvalue weighted by atomic mass is 16.1. The number of anilines is 2. The molecular weight excluding hydrogens is 276 g/mol. The molecule has 1 amide bonds. The molecule has 0 saturated heterocycles. The van der Waals surface area contributed by atoms with Crippen LogP contribution in [0.5, 0.6) is 0 Å². The van der Waals surface area contributed by atoms with E-state index in [1.807, 2.05) is 56.3 Å². The third-order valence-corrected chi connectivity index (χ3v) is 3.26. The number of benzene rings is 1. The Morgan fingerprint density at radius 2 is 2.00 bits per heavy atom. The van der Waals surface area contributed by atoms with Crippen LogP contribution in [0.25, 0.3) is 0 Å². The molecule has 0 aliphatic carbocycles. The van der Waals surface area contributed by atoms with Crippen LogP contribution in [-0.4, -0.2) is 43.0 Å². The Hall–Kier alpha value is -2.40. The van der Waals surface area contributed by atoms with Crippen molar-refractivity contribution in [3.63, 3.8) is 0 Å². The Morgan fingerprint density at radius 3 is 2.73 bits per heavy atom. The molecule has 116 valence electrons. The Balaban J connectivity index is 2.03. The number of amides is 1. The second-order valence-electron chi connectivity index (χ2n) is 5.43. The van der Waals surface area contributed by atoms with Gasteiger partial charge in [-0.05, 0) is 44.8 Å². The van der Waals surface area contributed by atoms with E-state index in [1.165, 1.54) is 0 Å². The Labute approximate surface area is 131 Å². The maximum Gasteiger partial charge on any atom is 0.269 e.